The van der Waals surface area contributed by atoms with Gasteiger partial charge in [-0.15, -0.1) is 0 Å². The van der Waals surface area contributed by atoms with Crippen molar-refractivity contribution in [2.24, 2.45) is 0 Å². The van der Waals surface area contributed by atoms with E-state index in [1.807, 2.05) is 0 Å². The summed E-state index contributed by atoms with van der Waals surface area (Å²) >= 11 is 0. The summed E-state index contributed by atoms with van der Waals surface area (Å²) in [4.78, 5) is 9.56. The standard InChI is InChI=1S/C2H4O6S.Sr/c3-1(4)2(5)9(6,7)8;/h2,5H,(H,3,4)(H,6,7,8);. The quantitative estimate of drug-likeness (QED) is 0.378. The Morgan fingerprint density at radius 3 is 1.70 bits per heavy atom. The van der Waals surface area contributed by atoms with Gasteiger partial charge >= 0.3 is 16.1 Å². The number of hydrogen-bond donors (Lipinski definition) is 3. The van der Waals surface area contributed by atoms with Gasteiger partial charge in [-0.2, -0.15) is 8.42 Å². The molecule has 8 heteroatoms. The van der Waals surface area contributed by atoms with E-state index < -0.39 is 21.5 Å². The molecule has 1 atom stereocenters. The zero-order valence-electron chi connectivity index (χ0n) is 4.76. The Balaban J connectivity index is 0. The Morgan fingerprint density at radius 1 is 1.40 bits per heavy atom. The van der Waals surface area contributed by atoms with E-state index in [0.717, 1.165) is 0 Å². The Kier molecular flexibility index (Phi) is 6.24. The third-order valence-corrected chi connectivity index (χ3v) is 1.26. The normalized spacial score (nSPS) is 13.4. The molecule has 0 aromatic rings. The molecule has 0 aliphatic carbocycles. The fraction of sp³-hybridized carbons (Fsp3) is 0.500. The largest absolute Gasteiger partial charge is 0.478 e. The minimum atomic E-state index is -4.85. The molecule has 3 N–H and O–H groups in total. The van der Waals surface area contributed by atoms with Gasteiger partial charge in [-0.1, -0.05) is 0 Å². The molecule has 56 valence electrons. The maximum Gasteiger partial charge on any atom is 0.351 e. The first kappa shape index (κ1) is 13.4. The van der Waals surface area contributed by atoms with Crippen LogP contribution in [0.15, 0.2) is 0 Å². The van der Waals surface area contributed by atoms with Crippen LogP contribution in [0.3, 0.4) is 0 Å². The number of aliphatic hydroxyl groups is 1. The molecule has 0 aliphatic rings. The van der Waals surface area contributed by atoms with Crippen molar-refractivity contribution in [2.75, 3.05) is 0 Å². The second-order valence-corrected chi connectivity index (χ2v) is 2.68. The van der Waals surface area contributed by atoms with Crippen LogP contribution in [0.25, 0.3) is 0 Å². The van der Waals surface area contributed by atoms with Crippen LogP contribution in [-0.2, 0) is 14.9 Å². The molecule has 0 amide bonds. The van der Waals surface area contributed by atoms with Crippen molar-refractivity contribution in [3.63, 3.8) is 0 Å². The van der Waals surface area contributed by atoms with Crippen LogP contribution in [0.5, 0.6) is 0 Å². The van der Waals surface area contributed by atoms with Crippen molar-refractivity contribution in [3.05, 3.63) is 0 Å². The smallest absolute Gasteiger partial charge is 0.351 e. The number of aliphatic hydroxyl groups excluding tert-OH is 1. The molecule has 0 bridgehead atoms. The fourth-order valence-electron chi connectivity index (χ4n) is 0.127. The van der Waals surface area contributed by atoms with Crippen LogP contribution < -0.4 is 0 Å². The number of carboxylic acid groups (broad SMARTS) is 1. The molecule has 6 nitrogen and oxygen atoms in total. The van der Waals surface area contributed by atoms with E-state index in [-0.39, 0.29) is 45.5 Å². The molecular formula is C2H4O6SSr. The molecule has 10 heavy (non-hydrogen) atoms. The van der Waals surface area contributed by atoms with E-state index in [4.69, 9.17) is 14.8 Å². The molecule has 0 heterocycles. The van der Waals surface area contributed by atoms with Crippen molar-refractivity contribution in [3.8, 4) is 0 Å². The average Bonchev–Trinajstić information content (AvgIpc) is 1.62. The molecular weight excluding hydrogens is 240 g/mol. The van der Waals surface area contributed by atoms with Gasteiger partial charge in [0.15, 0.2) is 0 Å². The average molecular weight is 244 g/mol. The van der Waals surface area contributed by atoms with Crippen LogP contribution in [0, 0.1) is 0 Å². The molecule has 0 aromatic heterocycles. The Labute approximate surface area is 93.9 Å². The Bertz CT molecular complexity index is 206. The summed E-state index contributed by atoms with van der Waals surface area (Å²) in [5.41, 5.74) is -2.74. The first-order valence-electron chi connectivity index (χ1n) is 1.73. The zero-order chi connectivity index (χ0) is 7.65. The molecule has 0 fully saturated rings. The summed E-state index contributed by atoms with van der Waals surface area (Å²) in [6, 6.07) is 0. The molecule has 0 saturated heterocycles. The van der Waals surface area contributed by atoms with Gasteiger partial charge in [-0.05, 0) is 0 Å². The number of carbonyl (C=O) groups is 1. The summed E-state index contributed by atoms with van der Waals surface area (Å²) in [6.45, 7) is 0. The van der Waals surface area contributed by atoms with Gasteiger partial charge in [-0.3, -0.25) is 4.55 Å². The van der Waals surface area contributed by atoms with Crippen LogP contribution in [0.4, 0.5) is 0 Å². The van der Waals surface area contributed by atoms with Gasteiger partial charge in [0, 0.05) is 45.5 Å². The van der Waals surface area contributed by atoms with E-state index in [9.17, 15) is 13.2 Å². The number of hydrogen-bond acceptors (Lipinski definition) is 4. The molecule has 0 spiro atoms. The van der Waals surface area contributed by atoms with E-state index in [0.29, 0.717) is 0 Å². The maximum atomic E-state index is 9.70. The van der Waals surface area contributed by atoms with E-state index in [2.05, 4.69) is 0 Å². The second-order valence-electron chi connectivity index (χ2n) is 1.21. The second kappa shape index (κ2) is 4.65. The van der Waals surface area contributed by atoms with Crippen LogP contribution in [0.2, 0.25) is 0 Å². The van der Waals surface area contributed by atoms with Gasteiger partial charge in [0.05, 0.1) is 0 Å². The van der Waals surface area contributed by atoms with Gasteiger partial charge in [-0.25, -0.2) is 4.79 Å². The number of rotatable bonds is 2. The van der Waals surface area contributed by atoms with Crippen LogP contribution in [-0.4, -0.2) is 80.1 Å². The van der Waals surface area contributed by atoms with Gasteiger partial charge in [0.2, 0.25) is 0 Å². The molecule has 0 rings (SSSR count). The van der Waals surface area contributed by atoms with Gasteiger partial charge in [0.25, 0.3) is 5.44 Å². The minimum absolute atomic E-state index is 0. The van der Waals surface area contributed by atoms with E-state index in [1.54, 1.807) is 0 Å². The van der Waals surface area contributed by atoms with Crippen LogP contribution >= 0.6 is 0 Å². The third kappa shape index (κ3) is 4.61. The van der Waals surface area contributed by atoms with Crippen molar-refractivity contribution in [1.82, 2.24) is 0 Å². The summed E-state index contributed by atoms with van der Waals surface area (Å²) in [6.07, 6.45) is 0. The molecule has 0 aromatic carbocycles. The number of carboxylic acids is 1. The predicted octanol–water partition coefficient (Wildman–Crippen LogP) is -2.10. The molecule has 2 radical (unpaired) electrons. The van der Waals surface area contributed by atoms with Gasteiger partial charge < -0.3 is 10.2 Å². The van der Waals surface area contributed by atoms with E-state index in [1.165, 1.54) is 0 Å². The zero-order valence-corrected chi connectivity index (χ0v) is 9.05. The monoisotopic (exact) mass is 244 g/mol. The minimum Gasteiger partial charge on any atom is -0.478 e. The van der Waals surface area contributed by atoms with Crippen molar-refractivity contribution >= 4 is 61.6 Å². The molecule has 0 saturated carbocycles. The maximum absolute atomic E-state index is 9.70. The van der Waals surface area contributed by atoms with Crippen molar-refractivity contribution in [1.29, 1.82) is 0 Å². The summed E-state index contributed by atoms with van der Waals surface area (Å²) in [5.74, 6) is -2.00. The Morgan fingerprint density at radius 2 is 1.70 bits per heavy atom. The summed E-state index contributed by atoms with van der Waals surface area (Å²) in [7, 11) is -4.85. The summed E-state index contributed by atoms with van der Waals surface area (Å²) in [5, 5.41) is 15.8. The topological polar surface area (TPSA) is 112 Å². The molecule has 0 aliphatic heterocycles. The third-order valence-electron chi connectivity index (χ3n) is 0.493. The first-order valence-corrected chi connectivity index (χ1v) is 3.23. The van der Waals surface area contributed by atoms with Crippen LogP contribution in [0.1, 0.15) is 0 Å². The van der Waals surface area contributed by atoms with Crippen molar-refractivity contribution < 1.29 is 28.0 Å². The van der Waals surface area contributed by atoms with Gasteiger partial charge in [0.1, 0.15) is 0 Å². The van der Waals surface area contributed by atoms with Crippen molar-refractivity contribution in [2.45, 2.75) is 5.44 Å². The number of aliphatic carboxylic acids is 1. The van der Waals surface area contributed by atoms with E-state index >= 15 is 0 Å². The fourth-order valence-corrected chi connectivity index (χ4v) is 0.382. The molecule has 1 unspecified atom stereocenters. The summed E-state index contributed by atoms with van der Waals surface area (Å²) < 4.78 is 27.2. The SMILES string of the molecule is O=C(O)C(O)S(=O)(=O)O.[Sr]. The Hall–Kier alpha value is 0.821. The first-order chi connectivity index (χ1) is 3.85. The predicted molar refractivity (Wildman–Crippen MR) is 30.9 cm³/mol.